The third-order valence-electron chi connectivity index (χ3n) is 3.07. The van der Waals surface area contributed by atoms with E-state index in [4.69, 9.17) is 9.47 Å². The number of ether oxygens (including phenoxy) is 2. The molecule has 5 heteroatoms. The van der Waals surface area contributed by atoms with Crippen molar-refractivity contribution < 1.29 is 19.1 Å². The van der Waals surface area contributed by atoms with Crippen LogP contribution >= 0.6 is 0 Å². The van der Waals surface area contributed by atoms with Crippen LogP contribution in [0.4, 0.5) is 9.59 Å². The fourth-order valence-electron chi connectivity index (χ4n) is 1.73. The van der Waals surface area contributed by atoms with Crippen molar-refractivity contribution in [2.24, 2.45) is 0 Å². The molecule has 0 atom stereocenters. The van der Waals surface area contributed by atoms with Crippen molar-refractivity contribution in [2.45, 2.75) is 46.1 Å². The van der Waals surface area contributed by atoms with Crippen LogP contribution in [-0.2, 0) is 16.0 Å². The minimum atomic E-state index is -0.654. The molecule has 0 aliphatic carbocycles. The molecule has 0 saturated carbocycles. The zero-order valence-electron chi connectivity index (χ0n) is 13.4. The van der Waals surface area contributed by atoms with E-state index in [1.165, 1.54) is 0 Å². The minimum absolute atomic E-state index is 0.150. The second-order valence-electron chi connectivity index (χ2n) is 5.01. The number of hydrogen-bond donors (Lipinski definition) is 0. The summed E-state index contributed by atoms with van der Waals surface area (Å²) >= 11 is 0. The molecule has 0 radical (unpaired) electrons. The third-order valence-corrected chi connectivity index (χ3v) is 3.07. The summed E-state index contributed by atoms with van der Waals surface area (Å²) in [5, 5.41) is 0. The van der Waals surface area contributed by atoms with Crippen molar-refractivity contribution in [3.8, 4) is 0 Å². The SMILES string of the molecule is CCCCOC(=O)N(Cc1ccccc1)C(=O)OCCCC. The number of rotatable bonds is 8. The van der Waals surface area contributed by atoms with Gasteiger partial charge in [-0.15, -0.1) is 0 Å². The normalized spacial score (nSPS) is 10.1. The zero-order valence-corrected chi connectivity index (χ0v) is 13.4. The number of imide groups is 1. The molecule has 0 saturated heterocycles. The van der Waals surface area contributed by atoms with Crippen LogP contribution in [-0.4, -0.2) is 30.3 Å². The molecule has 0 aliphatic heterocycles. The summed E-state index contributed by atoms with van der Waals surface area (Å²) < 4.78 is 10.3. The van der Waals surface area contributed by atoms with Crippen molar-refractivity contribution in [2.75, 3.05) is 13.2 Å². The lowest BCUT2D eigenvalue weighted by Crippen LogP contribution is -2.37. The second kappa shape index (κ2) is 10.7. The molecular formula is C17H25NO4. The maximum absolute atomic E-state index is 12.1. The molecule has 0 bridgehead atoms. The van der Waals surface area contributed by atoms with Gasteiger partial charge in [-0.25, -0.2) is 14.5 Å². The van der Waals surface area contributed by atoms with Gasteiger partial charge in [0.15, 0.2) is 0 Å². The summed E-state index contributed by atoms with van der Waals surface area (Å²) in [6, 6.07) is 9.31. The Morgan fingerprint density at radius 2 is 1.41 bits per heavy atom. The molecule has 2 amide bonds. The van der Waals surface area contributed by atoms with Gasteiger partial charge < -0.3 is 9.47 Å². The maximum atomic E-state index is 12.1. The Balaban J connectivity index is 2.66. The fraction of sp³-hybridized carbons (Fsp3) is 0.529. The highest BCUT2D eigenvalue weighted by atomic mass is 16.6. The summed E-state index contributed by atoms with van der Waals surface area (Å²) in [6.45, 7) is 4.78. The van der Waals surface area contributed by atoms with E-state index in [-0.39, 0.29) is 6.54 Å². The average molecular weight is 307 g/mol. The summed E-state index contributed by atoms with van der Waals surface area (Å²) in [4.78, 5) is 25.2. The largest absolute Gasteiger partial charge is 0.449 e. The molecule has 5 nitrogen and oxygen atoms in total. The smallest absolute Gasteiger partial charge is 0.419 e. The minimum Gasteiger partial charge on any atom is -0.449 e. The lowest BCUT2D eigenvalue weighted by atomic mass is 10.2. The third kappa shape index (κ3) is 6.61. The standard InChI is InChI=1S/C17H25NO4/c1-3-5-12-21-16(19)18(17(20)22-13-6-4-2)14-15-10-8-7-9-11-15/h7-11H,3-6,12-14H2,1-2H3. The van der Waals surface area contributed by atoms with E-state index in [9.17, 15) is 9.59 Å². The van der Waals surface area contributed by atoms with Crippen molar-refractivity contribution in [1.29, 1.82) is 0 Å². The van der Waals surface area contributed by atoms with E-state index in [0.717, 1.165) is 36.1 Å². The predicted molar refractivity (Wildman–Crippen MR) is 84.5 cm³/mol. The molecule has 0 aliphatic rings. The van der Waals surface area contributed by atoms with Crippen molar-refractivity contribution in [1.82, 2.24) is 4.90 Å². The first-order valence-electron chi connectivity index (χ1n) is 7.84. The second-order valence-corrected chi connectivity index (χ2v) is 5.01. The summed E-state index contributed by atoms with van der Waals surface area (Å²) in [6.07, 6.45) is 2.09. The maximum Gasteiger partial charge on any atom is 0.419 e. The first-order chi connectivity index (χ1) is 10.7. The molecule has 0 N–H and O–H groups in total. The van der Waals surface area contributed by atoms with Gasteiger partial charge in [0.05, 0.1) is 19.8 Å². The van der Waals surface area contributed by atoms with Gasteiger partial charge in [0.2, 0.25) is 0 Å². The molecule has 122 valence electrons. The Bertz CT molecular complexity index is 425. The van der Waals surface area contributed by atoms with Gasteiger partial charge in [-0.1, -0.05) is 57.0 Å². The van der Waals surface area contributed by atoms with Gasteiger partial charge in [-0.05, 0) is 18.4 Å². The van der Waals surface area contributed by atoms with E-state index in [1.54, 1.807) is 0 Å². The highest BCUT2D eigenvalue weighted by Gasteiger charge is 2.24. The van der Waals surface area contributed by atoms with Crippen LogP contribution in [0.2, 0.25) is 0 Å². The van der Waals surface area contributed by atoms with Crippen LogP contribution in [0.15, 0.2) is 30.3 Å². The molecule has 0 spiro atoms. The predicted octanol–water partition coefficient (Wildman–Crippen LogP) is 4.36. The highest BCUT2D eigenvalue weighted by Crippen LogP contribution is 2.09. The molecule has 1 rings (SSSR count). The number of amides is 2. The Hall–Kier alpha value is -2.04. The van der Waals surface area contributed by atoms with Crippen LogP contribution in [0.1, 0.15) is 45.1 Å². The fourth-order valence-corrected chi connectivity index (χ4v) is 1.73. The van der Waals surface area contributed by atoms with Crippen molar-refractivity contribution >= 4 is 12.2 Å². The van der Waals surface area contributed by atoms with E-state index in [1.807, 2.05) is 44.2 Å². The molecule has 1 aromatic carbocycles. The first kappa shape index (κ1) is 18.0. The van der Waals surface area contributed by atoms with Gasteiger partial charge in [0.25, 0.3) is 0 Å². The Morgan fingerprint density at radius 3 is 1.86 bits per heavy atom. The first-order valence-corrected chi connectivity index (χ1v) is 7.84. The van der Waals surface area contributed by atoms with Gasteiger partial charge in [-0.3, -0.25) is 0 Å². The molecule has 22 heavy (non-hydrogen) atoms. The van der Waals surface area contributed by atoms with Gasteiger partial charge in [-0.2, -0.15) is 0 Å². The Morgan fingerprint density at radius 1 is 0.909 bits per heavy atom. The number of benzene rings is 1. The van der Waals surface area contributed by atoms with Gasteiger partial charge in [0, 0.05) is 0 Å². The number of nitrogens with zero attached hydrogens (tertiary/aromatic N) is 1. The monoisotopic (exact) mass is 307 g/mol. The summed E-state index contributed by atoms with van der Waals surface area (Å²) in [5.74, 6) is 0. The van der Waals surface area contributed by atoms with Crippen LogP contribution in [0.5, 0.6) is 0 Å². The molecular weight excluding hydrogens is 282 g/mol. The zero-order chi connectivity index (χ0) is 16.2. The molecule has 1 aromatic rings. The number of unbranched alkanes of at least 4 members (excludes halogenated alkanes) is 2. The van der Waals surface area contributed by atoms with Crippen molar-refractivity contribution in [3.63, 3.8) is 0 Å². The van der Waals surface area contributed by atoms with Gasteiger partial charge in [0.1, 0.15) is 0 Å². The van der Waals surface area contributed by atoms with E-state index in [2.05, 4.69) is 0 Å². The molecule has 0 fully saturated rings. The Labute approximate surface area is 132 Å². The van der Waals surface area contributed by atoms with Crippen molar-refractivity contribution in [3.05, 3.63) is 35.9 Å². The lowest BCUT2D eigenvalue weighted by molar-refractivity contribution is 0.0730. The quantitative estimate of drug-likeness (QED) is 0.669. The number of carbonyl (C=O) groups is 2. The van der Waals surface area contributed by atoms with E-state index >= 15 is 0 Å². The van der Waals surface area contributed by atoms with Crippen LogP contribution < -0.4 is 0 Å². The Kier molecular flexibility index (Phi) is 8.72. The van der Waals surface area contributed by atoms with Crippen LogP contribution in [0.25, 0.3) is 0 Å². The van der Waals surface area contributed by atoms with E-state index in [0.29, 0.717) is 13.2 Å². The number of hydrogen-bond acceptors (Lipinski definition) is 4. The summed E-state index contributed by atoms with van der Waals surface area (Å²) in [7, 11) is 0. The summed E-state index contributed by atoms with van der Waals surface area (Å²) in [5.41, 5.74) is 0.849. The average Bonchev–Trinajstić information content (AvgIpc) is 2.54. The van der Waals surface area contributed by atoms with Crippen LogP contribution in [0.3, 0.4) is 0 Å². The molecule has 0 heterocycles. The number of carbonyl (C=O) groups excluding carboxylic acids is 2. The molecule has 0 unspecified atom stereocenters. The van der Waals surface area contributed by atoms with Crippen LogP contribution in [0, 0.1) is 0 Å². The van der Waals surface area contributed by atoms with E-state index < -0.39 is 12.2 Å². The highest BCUT2D eigenvalue weighted by molar-refractivity contribution is 5.87. The molecule has 0 aromatic heterocycles. The topological polar surface area (TPSA) is 55.8 Å². The van der Waals surface area contributed by atoms with Gasteiger partial charge >= 0.3 is 12.2 Å². The lowest BCUT2D eigenvalue weighted by Gasteiger charge is -2.20.